The molecule has 1 aliphatic rings. The van der Waals surface area contributed by atoms with Gasteiger partial charge in [0.05, 0.1) is 5.92 Å². The molecule has 110 valence electrons. The fourth-order valence-corrected chi connectivity index (χ4v) is 3.07. The number of carbonyl (C=O) groups excluding carboxylic acids is 1. The second-order valence-electron chi connectivity index (χ2n) is 5.05. The van der Waals surface area contributed by atoms with Gasteiger partial charge in [-0.2, -0.15) is 11.8 Å². The summed E-state index contributed by atoms with van der Waals surface area (Å²) in [5, 5.41) is 14.7. The molecule has 1 aliphatic carbocycles. The van der Waals surface area contributed by atoms with E-state index in [0.717, 1.165) is 24.3 Å². The van der Waals surface area contributed by atoms with Crippen molar-refractivity contribution in [3.8, 4) is 0 Å². The summed E-state index contributed by atoms with van der Waals surface area (Å²) in [5.41, 5.74) is 0. The van der Waals surface area contributed by atoms with Crippen LogP contribution in [0.4, 0.5) is 4.79 Å². The van der Waals surface area contributed by atoms with Crippen molar-refractivity contribution in [2.24, 2.45) is 5.92 Å². The molecule has 0 aliphatic heterocycles. The molecule has 0 radical (unpaired) electrons. The minimum absolute atomic E-state index is 0.00156. The van der Waals surface area contributed by atoms with Gasteiger partial charge in [-0.25, -0.2) is 4.79 Å². The molecular weight excluding hydrogens is 264 g/mol. The molecule has 0 aromatic carbocycles. The van der Waals surface area contributed by atoms with E-state index in [0.29, 0.717) is 12.8 Å². The lowest BCUT2D eigenvalue weighted by atomic mass is 10.1. The lowest BCUT2D eigenvalue weighted by Gasteiger charge is -2.17. The Morgan fingerprint density at radius 2 is 2.16 bits per heavy atom. The van der Waals surface area contributed by atoms with Gasteiger partial charge < -0.3 is 15.7 Å². The number of urea groups is 1. The molecule has 0 heterocycles. The number of thioether (sulfide) groups is 1. The van der Waals surface area contributed by atoms with Gasteiger partial charge in [0.15, 0.2) is 0 Å². The number of carboxylic acid groups (broad SMARTS) is 1. The highest BCUT2D eigenvalue weighted by atomic mass is 32.2. The molecule has 5 nitrogen and oxygen atoms in total. The Morgan fingerprint density at radius 1 is 1.42 bits per heavy atom. The van der Waals surface area contributed by atoms with Crippen LogP contribution in [-0.2, 0) is 4.79 Å². The van der Waals surface area contributed by atoms with E-state index >= 15 is 0 Å². The molecule has 0 aromatic heterocycles. The Labute approximate surface area is 118 Å². The molecule has 0 spiro atoms. The molecule has 1 fully saturated rings. The Morgan fingerprint density at radius 3 is 2.74 bits per heavy atom. The van der Waals surface area contributed by atoms with Gasteiger partial charge in [-0.15, -0.1) is 0 Å². The largest absolute Gasteiger partial charge is 0.481 e. The third-order valence-electron chi connectivity index (χ3n) is 3.39. The summed E-state index contributed by atoms with van der Waals surface area (Å²) < 4.78 is 0. The van der Waals surface area contributed by atoms with Crippen LogP contribution in [0.2, 0.25) is 0 Å². The summed E-state index contributed by atoms with van der Waals surface area (Å²) >= 11 is 1.86. The predicted octanol–water partition coefficient (Wildman–Crippen LogP) is 2.07. The van der Waals surface area contributed by atoms with E-state index in [1.54, 1.807) is 0 Å². The minimum Gasteiger partial charge on any atom is -0.481 e. The molecular formula is C13H24N2O3S. The molecule has 3 unspecified atom stereocenters. The van der Waals surface area contributed by atoms with E-state index in [-0.39, 0.29) is 24.0 Å². The van der Waals surface area contributed by atoms with Crippen molar-refractivity contribution in [2.75, 3.05) is 11.5 Å². The number of carbonyl (C=O) groups is 2. The maximum atomic E-state index is 11.7. The Balaban J connectivity index is 2.19. The first-order valence-corrected chi connectivity index (χ1v) is 8.06. The van der Waals surface area contributed by atoms with E-state index in [2.05, 4.69) is 17.6 Å². The monoisotopic (exact) mass is 288 g/mol. The van der Waals surface area contributed by atoms with Crippen molar-refractivity contribution in [2.45, 2.75) is 51.6 Å². The topological polar surface area (TPSA) is 78.4 Å². The summed E-state index contributed by atoms with van der Waals surface area (Å²) in [6, 6.07) is -0.0286. The third-order valence-corrected chi connectivity index (χ3v) is 4.33. The molecule has 19 heavy (non-hydrogen) atoms. The minimum atomic E-state index is -0.755. The lowest BCUT2D eigenvalue weighted by molar-refractivity contribution is -0.141. The van der Waals surface area contributed by atoms with Crippen molar-refractivity contribution < 1.29 is 14.7 Å². The second kappa shape index (κ2) is 8.30. The quantitative estimate of drug-likeness (QED) is 0.627. The van der Waals surface area contributed by atoms with Crippen molar-refractivity contribution in [3.05, 3.63) is 0 Å². The molecule has 0 bridgehead atoms. The fraction of sp³-hybridized carbons (Fsp3) is 0.846. The van der Waals surface area contributed by atoms with Gasteiger partial charge in [0.25, 0.3) is 0 Å². The zero-order valence-corrected chi connectivity index (χ0v) is 12.5. The molecule has 6 heteroatoms. The van der Waals surface area contributed by atoms with Gasteiger partial charge in [0, 0.05) is 12.1 Å². The number of rotatable bonds is 7. The van der Waals surface area contributed by atoms with Crippen LogP contribution in [0.15, 0.2) is 0 Å². The Hall–Kier alpha value is -0.910. The first-order valence-electron chi connectivity index (χ1n) is 6.90. The number of hydrogen-bond acceptors (Lipinski definition) is 3. The van der Waals surface area contributed by atoms with Gasteiger partial charge in [-0.1, -0.05) is 6.92 Å². The molecule has 1 saturated carbocycles. The van der Waals surface area contributed by atoms with Crippen LogP contribution in [0.25, 0.3) is 0 Å². The lowest BCUT2D eigenvalue weighted by Crippen LogP contribution is -2.44. The maximum absolute atomic E-state index is 11.7. The zero-order chi connectivity index (χ0) is 14.3. The predicted molar refractivity (Wildman–Crippen MR) is 77.5 cm³/mol. The van der Waals surface area contributed by atoms with Crippen LogP contribution >= 0.6 is 11.8 Å². The number of aliphatic carboxylic acids is 1. The highest BCUT2D eigenvalue weighted by molar-refractivity contribution is 7.99. The molecule has 3 atom stereocenters. The van der Waals surface area contributed by atoms with Crippen LogP contribution in [0, 0.1) is 5.92 Å². The number of amides is 2. The average molecular weight is 288 g/mol. The smallest absolute Gasteiger partial charge is 0.315 e. The summed E-state index contributed by atoms with van der Waals surface area (Å²) in [5.74, 6) is 1.08. The van der Waals surface area contributed by atoms with E-state index in [1.165, 1.54) is 0 Å². The molecule has 3 N–H and O–H groups in total. The Bertz CT molecular complexity index is 312. The van der Waals surface area contributed by atoms with Crippen molar-refractivity contribution in [1.29, 1.82) is 0 Å². The number of nitrogens with one attached hydrogen (secondary N) is 2. The van der Waals surface area contributed by atoms with E-state index in [4.69, 9.17) is 5.11 Å². The van der Waals surface area contributed by atoms with Gasteiger partial charge in [0.1, 0.15) is 0 Å². The second-order valence-corrected chi connectivity index (χ2v) is 6.44. The summed E-state index contributed by atoms with van der Waals surface area (Å²) in [4.78, 5) is 22.6. The maximum Gasteiger partial charge on any atom is 0.315 e. The van der Waals surface area contributed by atoms with Crippen LogP contribution in [0.5, 0.6) is 0 Å². The molecule has 1 rings (SSSR count). The van der Waals surface area contributed by atoms with Gasteiger partial charge in [-0.05, 0) is 44.1 Å². The molecule has 2 amide bonds. The van der Waals surface area contributed by atoms with Crippen molar-refractivity contribution in [3.63, 3.8) is 0 Å². The zero-order valence-electron chi connectivity index (χ0n) is 11.6. The van der Waals surface area contributed by atoms with E-state index in [1.807, 2.05) is 18.7 Å². The first kappa shape index (κ1) is 16.1. The van der Waals surface area contributed by atoms with Crippen LogP contribution in [-0.4, -0.2) is 40.7 Å². The summed E-state index contributed by atoms with van der Waals surface area (Å²) in [7, 11) is 0. The summed E-state index contributed by atoms with van der Waals surface area (Å²) in [6.07, 6.45) is 2.91. The third kappa shape index (κ3) is 6.18. The van der Waals surface area contributed by atoms with Gasteiger partial charge in [0.2, 0.25) is 0 Å². The SMILES string of the molecule is CCSCCC(C)NC(=O)NC1CCC(C(=O)O)C1. The van der Waals surface area contributed by atoms with Gasteiger partial charge >= 0.3 is 12.0 Å². The van der Waals surface area contributed by atoms with Crippen LogP contribution < -0.4 is 10.6 Å². The van der Waals surface area contributed by atoms with E-state index < -0.39 is 5.97 Å². The highest BCUT2D eigenvalue weighted by Gasteiger charge is 2.30. The average Bonchev–Trinajstić information content (AvgIpc) is 2.77. The molecule has 0 aromatic rings. The highest BCUT2D eigenvalue weighted by Crippen LogP contribution is 2.25. The number of hydrogen-bond donors (Lipinski definition) is 3. The normalized spacial score (nSPS) is 23.9. The summed E-state index contributed by atoms with van der Waals surface area (Å²) in [6.45, 7) is 4.11. The number of carboxylic acids is 1. The van der Waals surface area contributed by atoms with Crippen molar-refractivity contribution in [1.82, 2.24) is 10.6 Å². The van der Waals surface area contributed by atoms with E-state index in [9.17, 15) is 9.59 Å². The first-order chi connectivity index (χ1) is 9.02. The standard InChI is InChI=1S/C13H24N2O3S/c1-3-19-7-6-9(2)14-13(18)15-11-5-4-10(8-11)12(16)17/h9-11H,3-8H2,1-2H3,(H,16,17)(H2,14,15,18). The van der Waals surface area contributed by atoms with Crippen LogP contribution in [0.3, 0.4) is 0 Å². The van der Waals surface area contributed by atoms with Gasteiger partial charge in [-0.3, -0.25) is 4.79 Å². The van der Waals surface area contributed by atoms with Crippen LogP contribution in [0.1, 0.15) is 39.5 Å². The van der Waals surface area contributed by atoms with Crippen molar-refractivity contribution >= 4 is 23.8 Å². The fourth-order valence-electron chi connectivity index (χ4n) is 2.26. The Kier molecular flexibility index (Phi) is 7.05. The molecule has 0 saturated heterocycles.